The highest BCUT2D eigenvalue weighted by Crippen LogP contribution is 2.28. The minimum absolute atomic E-state index is 0.644. The minimum Gasteiger partial charge on any atom is -0.340 e. The summed E-state index contributed by atoms with van der Waals surface area (Å²) >= 11 is 0. The Balaban J connectivity index is 1.82. The van der Waals surface area contributed by atoms with Crippen LogP contribution in [0.2, 0.25) is 0 Å². The Morgan fingerprint density at radius 3 is 3.00 bits per heavy atom. The molecule has 15 heavy (non-hydrogen) atoms. The van der Waals surface area contributed by atoms with Gasteiger partial charge in [0.15, 0.2) is 5.82 Å². The van der Waals surface area contributed by atoms with Gasteiger partial charge in [-0.15, -0.1) is 0 Å². The number of nitrogens with zero attached hydrogens (tertiary/aromatic N) is 2. The van der Waals surface area contributed by atoms with E-state index in [0.29, 0.717) is 11.9 Å². The monoisotopic (exact) mass is 209 g/mol. The largest absolute Gasteiger partial charge is 0.340 e. The van der Waals surface area contributed by atoms with Crippen LogP contribution in [0.4, 0.5) is 0 Å². The maximum absolute atomic E-state index is 4.93. The van der Waals surface area contributed by atoms with E-state index in [2.05, 4.69) is 22.4 Å². The van der Waals surface area contributed by atoms with Crippen molar-refractivity contribution in [2.45, 2.75) is 52.1 Å². The van der Waals surface area contributed by atoms with Crippen LogP contribution in [-0.4, -0.2) is 16.2 Å². The summed E-state index contributed by atoms with van der Waals surface area (Å²) in [6.45, 7) is 4.82. The van der Waals surface area contributed by atoms with E-state index in [4.69, 9.17) is 4.52 Å². The van der Waals surface area contributed by atoms with E-state index in [-0.39, 0.29) is 0 Å². The van der Waals surface area contributed by atoms with E-state index in [9.17, 15) is 0 Å². The van der Waals surface area contributed by atoms with Gasteiger partial charge in [0.25, 0.3) is 0 Å². The fraction of sp³-hybridized carbons (Fsp3) is 0.818. The van der Waals surface area contributed by atoms with Gasteiger partial charge in [0.05, 0.1) is 6.54 Å². The van der Waals surface area contributed by atoms with E-state index >= 15 is 0 Å². The molecule has 1 aliphatic rings. The van der Waals surface area contributed by atoms with E-state index < -0.39 is 0 Å². The number of nitrogens with one attached hydrogen (secondary N) is 1. The molecule has 2 atom stereocenters. The number of hydrogen-bond donors (Lipinski definition) is 1. The predicted octanol–water partition coefficient (Wildman–Crippen LogP) is 2.05. The number of aryl methyl sites for hydroxylation is 1. The molecule has 0 amide bonds. The summed E-state index contributed by atoms with van der Waals surface area (Å²) in [6, 6.07) is 0.647. The summed E-state index contributed by atoms with van der Waals surface area (Å²) in [4.78, 5) is 4.18. The summed E-state index contributed by atoms with van der Waals surface area (Å²) in [5, 5.41) is 7.41. The molecule has 0 aromatic carbocycles. The zero-order chi connectivity index (χ0) is 10.7. The molecule has 2 unspecified atom stereocenters. The zero-order valence-corrected chi connectivity index (χ0v) is 9.49. The average molecular weight is 209 g/mol. The van der Waals surface area contributed by atoms with Gasteiger partial charge in [0, 0.05) is 13.0 Å². The van der Waals surface area contributed by atoms with Gasteiger partial charge in [-0.25, -0.2) is 0 Å². The second-order valence-corrected chi connectivity index (χ2v) is 4.32. The molecular formula is C11H19N3O. The average Bonchev–Trinajstić information content (AvgIpc) is 2.83. The highest BCUT2D eigenvalue weighted by Gasteiger charge is 2.25. The Morgan fingerprint density at radius 2 is 2.33 bits per heavy atom. The normalized spacial score (nSPS) is 26.0. The smallest absolute Gasteiger partial charge is 0.223 e. The molecule has 1 aliphatic carbocycles. The van der Waals surface area contributed by atoms with Gasteiger partial charge >= 0.3 is 0 Å². The summed E-state index contributed by atoms with van der Waals surface area (Å²) in [7, 11) is 0. The van der Waals surface area contributed by atoms with Crippen LogP contribution >= 0.6 is 0 Å². The Morgan fingerprint density at radius 1 is 1.47 bits per heavy atom. The Bertz CT molecular complexity index is 311. The summed E-state index contributed by atoms with van der Waals surface area (Å²) in [5.41, 5.74) is 0. The van der Waals surface area contributed by atoms with Gasteiger partial charge in [-0.05, 0) is 18.8 Å². The van der Waals surface area contributed by atoms with E-state index in [1.165, 1.54) is 25.7 Å². The first-order chi connectivity index (χ1) is 7.29. The van der Waals surface area contributed by atoms with Crippen LogP contribution in [0, 0.1) is 12.8 Å². The van der Waals surface area contributed by atoms with Crippen LogP contribution in [-0.2, 0) is 6.54 Å². The molecule has 4 heteroatoms. The number of hydrogen-bond acceptors (Lipinski definition) is 4. The van der Waals surface area contributed by atoms with Crippen molar-refractivity contribution in [3.05, 3.63) is 11.7 Å². The third-order valence-corrected chi connectivity index (χ3v) is 3.28. The topological polar surface area (TPSA) is 51.0 Å². The predicted molar refractivity (Wildman–Crippen MR) is 57.3 cm³/mol. The summed E-state index contributed by atoms with van der Waals surface area (Å²) < 4.78 is 4.93. The molecule has 0 bridgehead atoms. The van der Waals surface area contributed by atoms with Gasteiger partial charge in [0.2, 0.25) is 5.89 Å². The molecule has 1 saturated carbocycles. The Labute approximate surface area is 90.4 Å². The van der Waals surface area contributed by atoms with Crippen LogP contribution in [0.1, 0.15) is 44.3 Å². The van der Waals surface area contributed by atoms with Crippen molar-refractivity contribution >= 4 is 0 Å². The molecule has 84 valence electrons. The lowest BCUT2D eigenvalue weighted by molar-refractivity contribution is 0.367. The van der Waals surface area contributed by atoms with Crippen molar-refractivity contribution in [3.8, 4) is 0 Å². The molecule has 1 aromatic heterocycles. The van der Waals surface area contributed by atoms with Gasteiger partial charge in [-0.1, -0.05) is 24.9 Å². The molecule has 4 nitrogen and oxygen atoms in total. The van der Waals surface area contributed by atoms with Gasteiger partial charge in [-0.3, -0.25) is 0 Å². The molecule has 1 N–H and O–H groups in total. The van der Waals surface area contributed by atoms with E-state index in [1.54, 1.807) is 0 Å². The lowest BCUT2D eigenvalue weighted by Gasteiger charge is -2.18. The molecular weight excluding hydrogens is 190 g/mol. The first-order valence-electron chi connectivity index (χ1n) is 5.82. The van der Waals surface area contributed by atoms with E-state index in [1.807, 2.05) is 6.92 Å². The van der Waals surface area contributed by atoms with Crippen LogP contribution in [0.15, 0.2) is 4.52 Å². The lowest BCUT2D eigenvalue weighted by Crippen LogP contribution is -2.31. The third kappa shape index (κ3) is 2.56. The van der Waals surface area contributed by atoms with Gasteiger partial charge in [0.1, 0.15) is 0 Å². The van der Waals surface area contributed by atoms with Crippen molar-refractivity contribution in [1.82, 2.24) is 15.5 Å². The molecule has 0 radical (unpaired) electrons. The molecule has 2 rings (SSSR count). The number of rotatable bonds is 4. The third-order valence-electron chi connectivity index (χ3n) is 3.28. The molecule has 0 saturated heterocycles. The second-order valence-electron chi connectivity index (χ2n) is 4.32. The van der Waals surface area contributed by atoms with Crippen molar-refractivity contribution in [2.24, 2.45) is 5.92 Å². The van der Waals surface area contributed by atoms with Crippen molar-refractivity contribution in [1.29, 1.82) is 0 Å². The van der Waals surface area contributed by atoms with Gasteiger partial charge in [-0.2, -0.15) is 4.98 Å². The maximum Gasteiger partial charge on any atom is 0.223 e. The summed E-state index contributed by atoms with van der Waals surface area (Å²) in [5.74, 6) is 2.25. The number of aromatic nitrogens is 2. The lowest BCUT2D eigenvalue weighted by atomic mass is 10.0. The minimum atomic E-state index is 0.644. The fourth-order valence-electron chi connectivity index (χ4n) is 2.43. The Kier molecular flexibility index (Phi) is 3.36. The SMILES string of the molecule is CCC1CCCC1NCc1noc(C)n1. The van der Waals surface area contributed by atoms with Gasteiger partial charge < -0.3 is 9.84 Å². The fourth-order valence-corrected chi connectivity index (χ4v) is 2.43. The molecule has 1 aromatic rings. The van der Waals surface area contributed by atoms with Crippen molar-refractivity contribution in [3.63, 3.8) is 0 Å². The highest BCUT2D eigenvalue weighted by molar-refractivity contribution is 4.87. The van der Waals surface area contributed by atoms with Crippen LogP contribution < -0.4 is 5.32 Å². The zero-order valence-electron chi connectivity index (χ0n) is 9.49. The van der Waals surface area contributed by atoms with Crippen LogP contribution in [0.5, 0.6) is 0 Å². The maximum atomic E-state index is 4.93. The van der Waals surface area contributed by atoms with Crippen molar-refractivity contribution in [2.75, 3.05) is 0 Å². The standard InChI is InChI=1S/C11H19N3O/c1-3-9-5-4-6-10(9)12-7-11-13-8(2)15-14-11/h9-10,12H,3-7H2,1-2H3. The summed E-state index contributed by atoms with van der Waals surface area (Å²) in [6.07, 6.45) is 5.26. The van der Waals surface area contributed by atoms with E-state index in [0.717, 1.165) is 18.3 Å². The second kappa shape index (κ2) is 4.75. The van der Waals surface area contributed by atoms with Crippen LogP contribution in [0.25, 0.3) is 0 Å². The quantitative estimate of drug-likeness (QED) is 0.824. The van der Waals surface area contributed by atoms with Crippen LogP contribution in [0.3, 0.4) is 0 Å². The highest BCUT2D eigenvalue weighted by atomic mass is 16.5. The first-order valence-corrected chi connectivity index (χ1v) is 5.82. The molecule has 0 aliphatic heterocycles. The molecule has 1 fully saturated rings. The molecule has 0 spiro atoms. The Hall–Kier alpha value is -0.900. The first kappa shape index (κ1) is 10.6. The molecule has 1 heterocycles. The van der Waals surface area contributed by atoms with Crippen molar-refractivity contribution < 1.29 is 4.52 Å².